The molecule has 0 bridgehead atoms. The second kappa shape index (κ2) is 7.05. The summed E-state index contributed by atoms with van der Waals surface area (Å²) in [5, 5.41) is 19.8. The van der Waals surface area contributed by atoms with Crippen molar-refractivity contribution in [1.82, 2.24) is 0 Å². The van der Waals surface area contributed by atoms with Gasteiger partial charge in [-0.1, -0.05) is 0 Å². The Balaban J connectivity index is 2.35. The SMILES string of the molecule is NCCCC(=O)N1CCc2c1ccc([N+](=O)[O-])c2OCC(=O)O. The van der Waals surface area contributed by atoms with Crippen LogP contribution in [0.5, 0.6) is 5.75 Å². The first-order chi connectivity index (χ1) is 11.0. The lowest BCUT2D eigenvalue weighted by Crippen LogP contribution is -2.29. The summed E-state index contributed by atoms with van der Waals surface area (Å²) in [4.78, 5) is 34.8. The van der Waals surface area contributed by atoms with E-state index in [1.807, 2.05) is 0 Å². The predicted octanol–water partition coefficient (Wildman–Crippen LogP) is 0.686. The van der Waals surface area contributed by atoms with E-state index < -0.39 is 17.5 Å². The fraction of sp³-hybridized carbons (Fsp3) is 0.429. The van der Waals surface area contributed by atoms with Gasteiger partial charge >= 0.3 is 11.7 Å². The monoisotopic (exact) mass is 323 g/mol. The third-order valence-corrected chi connectivity index (χ3v) is 3.52. The highest BCUT2D eigenvalue weighted by Gasteiger charge is 2.31. The molecule has 23 heavy (non-hydrogen) atoms. The first kappa shape index (κ1) is 16.7. The minimum Gasteiger partial charge on any atom is -0.479 e. The van der Waals surface area contributed by atoms with Gasteiger partial charge in [-0.25, -0.2) is 4.79 Å². The number of nitrogens with zero attached hydrogens (tertiary/aromatic N) is 2. The zero-order valence-corrected chi connectivity index (χ0v) is 12.4. The fourth-order valence-electron chi connectivity index (χ4n) is 2.53. The number of amides is 1. The Labute approximate surface area is 131 Å². The quantitative estimate of drug-likeness (QED) is 0.556. The standard InChI is InChI=1S/C14H17N3O6/c15-6-1-2-12(18)16-7-5-9-10(16)3-4-11(17(21)22)14(9)23-8-13(19)20/h3-4H,1-2,5-8,15H2,(H,19,20). The Bertz CT molecular complexity index is 646. The second-order valence-corrected chi connectivity index (χ2v) is 5.04. The lowest BCUT2D eigenvalue weighted by Gasteiger charge is -2.17. The van der Waals surface area contributed by atoms with Gasteiger partial charge in [0.2, 0.25) is 11.7 Å². The summed E-state index contributed by atoms with van der Waals surface area (Å²) in [5.74, 6) is -1.43. The molecule has 0 spiro atoms. The van der Waals surface area contributed by atoms with Crippen molar-refractivity contribution in [1.29, 1.82) is 0 Å². The maximum absolute atomic E-state index is 12.2. The van der Waals surface area contributed by atoms with Gasteiger partial charge in [0.1, 0.15) is 0 Å². The summed E-state index contributed by atoms with van der Waals surface area (Å²) in [5.41, 5.74) is 6.10. The highest BCUT2D eigenvalue weighted by Crippen LogP contribution is 2.41. The molecule has 0 aliphatic carbocycles. The second-order valence-electron chi connectivity index (χ2n) is 5.04. The number of nitrogens with two attached hydrogens (primary N) is 1. The van der Waals surface area contributed by atoms with E-state index in [4.69, 9.17) is 15.6 Å². The highest BCUT2D eigenvalue weighted by molar-refractivity contribution is 5.96. The molecule has 1 heterocycles. The number of carboxylic acids is 1. The van der Waals surface area contributed by atoms with E-state index in [2.05, 4.69) is 0 Å². The Morgan fingerprint density at radius 2 is 2.17 bits per heavy atom. The minimum absolute atomic E-state index is 0.0796. The first-order valence-electron chi connectivity index (χ1n) is 7.11. The van der Waals surface area contributed by atoms with E-state index in [1.54, 1.807) is 0 Å². The first-order valence-corrected chi connectivity index (χ1v) is 7.11. The van der Waals surface area contributed by atoms with Gasteiger partial charge in [-0.05, 0) is 25.5 Å². The number of ether oxygens (including phenoxy) is 1. The van der Waals surface area contributed by atoms with E-state index in [1.165, 1.54) is 17.0 Å². The molecular formula is C14H17N3O6. The zero-order chi connectivity index (χ0) is 17.0. The van der Waals surface area contributed by atoms with Gasteiger partial charge in [0, 0.05) is 24.6 Å². The molecule has 1 aliphatic rings. The van der Waals surface area contributed by atoms with Crippen LogP contribution in [-0.4, -0.2) is 41.6 Å². The predicted molar refractivity (Wildman–Crippen MR) is 80.6 cm³/mol. The van der Waals surface area contributed by atoms with E-state index in [-0.39, 0.29) is 23.8 Å². The number of hydrogen-bond donors (Lipinski definition) is 2. The molecule has 1 aliphatic heterocycles. The van der Waals surface area contributed by atoms with Crippen LogP contribution in [0.3, 0.4) is 0 Å². The lowest BCUT2D eigenvalue weighted by atomic mass is 10.1. The molecule has 1 aromatic carbocycles. The van der Waals surface area contributed by atoms with Crippen LogP contribution in [0, 0.1) is 10.1 Å². The molecule has 3 N–H and O–H groups in total. The van der Waals surface area contributed by atoms with Gasteiger partial charge in [0.05, 0.1) is 10.6 Å². The molecule has 0 saturated carbocycles. The average Bonchev–Trinajstić information content (AvgIpc) is 2.94. The number of nitro groups is 1. The van der Waals surface area contributed by atoms with Crippen LogP contribution >= 0.6 is 0 Å². The lowest BCUT2D eigenvalue weighted by molar-refractivity contribution is -0.385. The van der Waals surface area contributed by atoms with Gasteiger partial charge in [0.25, 0.3) is 0 Å². The van der Waals surface area contributed by atoms with Crippen molar-refractivity contribution >= 4 is 23.3 Å². The molecule has 1 amide bonds. The van der Waals surface area contributed by atoms with E-state index >= 15 is 0 Å². The molecule has 9 heteroatoms. The van der Waals surface area contributed by atoms with Crippen molar-refractivity contribution in [2.45, 2.75) is 19.3 Å². The summed E-state index contributed by atoms with van der Waals surface area (Å²) in [7, 11) is 0. The average molecular weight is 323 g/mol. The molecule has 0 saturated heterocycles. The summed E-state index contributed by atoms with van der Waals surface area (Å²) in [6.45, 7) is 0.0986. The number of fused-ring (bicyclic) bond motifs is 1. The van der Waals surface area contributed by atoms with Crippen LogP contribution in [0.1, 0.15) is 18.4 Å². The zero-order valence-electron chi connectivity index (χ0n) is 12.4. The smallest absolute Gasteiger partial charge is 0.341 e. The van der Waals surface area contributed by atoms with Crippen molar-refractivity contribution in [3.63, 3.8) is 0 Å². The Kier molecular flexibility index (Phi) is 5.12. The number of benzene rings is 1. The summed E-state index contributed by atoms with van der Waals surface area (Å²) in [6, 6.07) is 2.72. The third-order valence-electron chi connectivity index (χ3n) is 3.52. The van der Waals surface area contributed by atoms with Crippen molar-refractivity contribution in [3.8, 4) is 5.75 Å². The maximum Gasteiger partial charge on any atom is 0.341 e. The molecule has 2 rings (SSSR count). The topological polar surface area (TPSA) is 136 Å². The van der Waals surface area contributed by atoms with E-state index in [0.29, 0.717) is 37.2 Å². The number of carbonyl (C=O) groups excluding carboxylic acids is 1. The molecular weight excluding hydrogens is 306 g/mol. The van der Waals surface area contributed by atoms with Crippen LogP contribution in [-0.2, 0) is 16.0 Å². The number of anilines is 1. The fourth-order valence-corrected chi connectivity index (χ4v) is 2.53. The van der Waals surface area contributed by atoms with Crippen LogP contribution in [0.25, 0.3) is 0 Å². The Morgan fingerprint density at radius 1 is 1.43 bits per heavy atom. The van der Waals surface area contributed by atoms with Gasteiger partial charge < -0.3 is 20.5 Å². The van der Waals surface area contributed by atoms with Crippen LogP contribution in [0.4, 0.5) is 11.4 Å². The molecule has 1 aromatic rings. The number of aliphatic carboxylic acids is 1. The van der Waals surface area contributed by atoms with Crippen LogP contribution in [0.2, 0.25) is 0 Å². The molecule has 0 fully saturated rings. The number of hydrogen-bond acceptors (Lipinski definition) is 6. The van der Waals surface area contributed by atoms with Gasteiger partial charge in [-0.2, -0.15) is 0 Å². The van der Waals surface area contributed by atoms with E-state index in [0.717, 1.165) is 0 Å². The largest absolute Gasteiger partial charge is 0.479 e. The number of rotatable bonds is 7. The molecule has 0 radical (unpaired) electrons. The van der Waals surface area contributed by atoms with E-state index in [9.17, 15) is 19.7 Å². The number of nitro benzene ring substituents is 1. The molecule has 0 aromatic heterocycles. The van der Waals surface area contributed by atoms with Crippen LogP contribution < -0.4 is 15.4 Å². The van der Waals surface area contributed by atoms with Crippen LogP contribution in [0.15, 0.2) is 12.1 Å². The van der Waals surface area contributed by atoms with Crippen molar-refractivity contribution in [2.75, 3.05) is 24.6 Å². The molecule has 0 atom stereocenters. The van der Waals surface area contributed by atoms with Crippen molar-refractivity contribution in [2.24, 2.45) is 5.73 Å². The number of carbonyl (C=O) groups is 2. The van der Waals surface area contributed by atoms with Gasteiger partial charge in [0.15, 0.2) is 6.61 Å². The highest BCUT2D eigenvalue weighted by atomic mass is 16.6. The normalized spacial score (nSPS) is 12.8. The Hall–Kier alpha value is -2.68. The Morgan fingerprint density at radius 3 is 2.78 bits per heavy atom. The molecule has 0 unspecified atom stereocenters. The summed E-state index contributed by atoms with van der Waals surface area (Å²) >= 11 is 0. The van der Waals surface area contributed by atoms with Crippen molar-refractivity contribution < 1.29 is 24.4 Å². The maximum atomic E-state index is 12.2. The molecule has 124 valence electrons. The summed E-state index contributed by atoms with van der Waals surface area (Å²) < 4.78 is 5.11. The van der Waals surface area contributed by atoms with Gasteiger partial charge in [-0.15, -0.1) is 0 Å². The molecule has 9 nitrogen and oxygen atoms in total. The van der Waals surface area contributed by atoms with Crippen molar-refractivity contribution in [3.05, 3.63) is 27.8 Å². The number of carboxylic acid groups (broad SMARTS) is 1. The van der Waals surface area contributed by atoms with Gasteiger partial charge in [-0.3, -0.25) is 14.9 Å². The third kappa shape index (κ3) is 3.57. The minimum atomic E-state index is -1.23. The summed E-state index contributed by atoms with van der Waals surface area (Å²) in [6.07, 6.45) is 1.22.